The van der Waals surface area contributed by atoms with Gasteiger partial charge in [-0.15, -0.1) is 11.3 Å². The van der Waals surface area contributed by atoms with Crippen LogP contribution in [0, 0.1) is 0 Å². The summed E-state index contributed by atoms with van der Waals surface area (Å²) in [6, 6.07) is 3.42. The van der Waals surface area contributed by atoms with Gasteiger partial charge in [0.25, 0.3) is 0 Å². The standard InChI is InChI=1S/C15H26BrN3S/c1-4-13(17)15(14-9-11(16)10-20-14)19(3)12-5-7-18(2)8-6-12/h9-10,12-13,15H,4-8,17H2,1-3H3. The highest BCUT2D eigenvalue weighted by Crippen LogP contribution is 2.34. The Morgan fingerprint density at radius 3 is 2.65 bits per heavy atom. The van der Waals surface area contributed by atoms with E-state index in [0.29, 0.717) is 12.1 Å². The molecule has 2 unspecified atom stereocenters. The van der Waals surface area contributed by atoms with E-state index in [-0.39, 0.29) is 6.04 Å². The Morgan fingerprint density at radius 1 is 1.50 bits per heavy atom. The summed E-state index contributed by atoms with van der Waals surface area (Å²) in [7, 11) is 4.46. The molecule has 1 aliphatic heterocycles. The van der Waals surface area contributed by atoms with Crippen LogP contribution in [0.25, 0.3) is 0 Å². The minimum atomic E-state index is 0.199. The number of likely N-dealkylation sites (tertiary alicyclic amines) is 1. The van der Waals surface area contributed by atoms with Crippen LogP contribution in [0.15, 0.2) is 15.9 Å². The van der Waals surface area contributed by atoms with Gasteiger partial charge in [-0.2, -0.15) is 0 Å². The Bertz CT molecular complexity index is 415. The molecule has 1 aromatic heterocycles. The fraction of sp³-hybridized carbons (Fsp3) is 0.733. The first kappa shape index (κ1) is 16.4. The normalized spacial score (nSPS) is 21.3. The molecule has 3 nitrogen and oxygen atoms in total. The van der Waals surface area contributed by atoms with Crippen molar-refractivity contribution in [2.45, 2.75) is 44.3 Å². The summed E-state index contributed by atoms with van der Waals surface area (Å²) in [6.07, 6.45) is 3.50. The number of nitrogens with two attached hydrogens (primary N) is 1. The summed E-state index contributed by atoms with van der Waals surface area (Å²) in [5.74, 6) is 0. The van der Waals surface area contributed by atoms with E-state index in [1.165, 1.54) is 35.3 Å². The molecule has 114 valence electrons. The minimum absolute atomic E-state index is 0.199. The Morgan fingerprint density at radius 2 is 2.15 bits per heavy atom. The third-order valence-electron chi connectivity index (χ3n) is 4.46. The number of piperidine rings is 1. The average Bonchev–Trinajstić information content (AvgIpc) is 2.85. The highest BCUT2D eigenvalue weighted by atomic mass is 79.9. The van der Waals surface area contributed by atoms with Gasteiger partial charge in [0.2, 0.25) is 0 Å². The van der Waals surface area contributed by atoms with Crippen molar-refractivity contribution in [3.05, 3.63) is 20.8 Å². The molecule has 2 N–H and O–H groups in total. The highest BCUT2D eigenvalue weighted by Gasteiger charge is 2.30. The van der Waals surface area contributed by atoms with E-state index in [9.17, 15) is 0 Å². The van der Waals surface area contributed by atoms with Crippen LogP contribution < -0.4 is 5.73 Å². The number of rotatable bonds is 5. The van der Waals surface area contributed by atoms with Gasteiger partial charge in [0, 0.05) is 26.8 Å². The molecule has 5 heteroatoms. The Labute approximate surface area is 135 Å². The van der Waals surface area contributed by atoms with Crippen LogP contribution in [0.3, 0.4) is 0 Å². The van der Waals surface area contributed by atoms with Crippen LogP contribution in [-0.2, 0) is 0 Å². The summed E-state index contributed by atoms with van der Waals surface area (Å²) < 4.78 is 1.17. The van der Waals surface area contributed by atoms with Gasteiger partial charge >= 0.3 is 0 Å². The zero-order chi connectivity index (χ0) is 14.7. The number of halogens is 1. The number of nitrogens with zero attached hydrogens (tertiary/aromatic N) is 2. The van der Waals surface area contributed by atoms with Crippen molar-refractivity contribution in [3.8, 4) is 0 Å². The van der Waals surface area contributed by atoms with Crippen LogP contribution in [0.2, 0.25) is 0 Å². The van der Waals surface area contributed by atoms with Crippen LogP contribution in [0.1, 0.15) is 37.1 Å². The lowest BCUT2D eigenvalue weighted by Gasteiger charge is -2.41. The first-order chi connectivity index (χ1) is 9.52. The van der Waals surface area contributed by atoms with Crippen molar-refractivity contribution >= 4 is 27.3 Å². The molecule has 2 atom stereocenters. The topological polar surface area (TPSA) is 32.5 Å². The molecule has 0 bridgehead atoms. The predicted molar refractivity (Wildman–Crippen MR) is 91.3 cm³/mol. The lowest BCUT2D eigenvalue weighted by molar-refractivity contribution is 0.0950. The summed E-state index contributed by atoms with van der Waals surface area (Å²) >= 11 is 5.38. The molecule has 1 saturated heterocycles. The molecule has 2 heterocycles. The van der Waals surface area contributed by atoms with Crippen LogP contribution in [0.4, 0.5) is 0 Å². The van der Waals surface area contributed by atoms with E-state index in [4.69, 9.17) is 5.73 Å². The Kier molecular flexibility index (Phi) is 6.05. The van der Waals surface area contributed by atoms with Gasteiger partial charge in [-0.1, -0.05) is 6.92 Å². The maximum atomic E-state index is 6.43. The lowest BCUT2D eigenvalue weighted by Crippen LogP contribution is -2.47. The molecule has 0 spiro atoms. The Balaban J connectivity index is 2.14. The highest BCUT2D eigenvalue weighted by molar-refractivity contribution is 9.10. The third-order valence-corrected chi connectivity index (χ3v) is 6.22. The van der Waals surface area contributed by atoms with Crippen molar-refractivity contribution in [3.63, 3.8) is 0 Å². The summed E-state index contributed by atoms with van der Waals surface area (Å²) in [6.45, 7) is 4.57. The predicted octanol–water partition coefficient (Wildman–Crippen LogP) is 3.32. The molecule has 0 saturated carbocycles. The average molecular weight is 360 g/mol. The third kappa shape index (κ3) is 3.83. The van der Waals surface area contributed by atoms with Gasteiger partial charge in [-0.3, -0.25) is 4.90 Å². The first-order valence-corrected chi connectivity index (χ1v) is 9.10. The molecule has 1 aliphatic rings. The summed E-state index contributed by atoms with van der Waals surface area (Å²) in [5, 5.41) is 2.16. The maximum Gasteiger partial charge on any atom is 0.0593 e. The quantitative estimate of drug-likeness (QED) is 0.874. The van der Waals surface area contributed by atoms with Crippen molar-refractivity contribution < 1.29 is 0 Å². The zero-order valence-electron chi connectivity index (χ0n) is 12.7. The largest absolute Gasteiger partial charge is 0.326 e. The summed E-state index contributed by atoms with van der Waals surface area (Å²) in [4.78, 5) is 6.33. The second kappa shape index (κ2) is 7.36. The number of hydrogen-bond acceptors (Lipinski definition) is 4. The van der Waals surface area contributed by atoms with Gasteiger partial charge in [0.05, 0.1) is 6.04 Å². The molecule has 0 amide bonds. The van der Waals surface area contributed by atoms with Crippen molar-refractivity contribution in [2.24, 2.45) is 5.73 Å². The molecule has 1 aromatic rings. The Hall–Kier alpha value is 0.0600. The molecule has 0 aliphatic carbocycles. The first-order valence-electron chi connectivity index (χ1n) is 7.43. The van der Waals surface area contributed by atoms with Crippen LogP contribution in [0.5, 0.6) is 0 Å². The summed E-state index contributed by atoms with van der Waals surface area (Å²) in [5.41, 5.74) is 6.43. The number of thiophene rings is 1. The van der Waals surface area contributed by atoms with Gasteiger partial charge in [0.1, 0.15) is 0 Å². The number of hydrogen-bond donors (Lipinski definition) is 1. The second-order valence-corrected chi connectivity index (χ2v) is 7.74. The fourth-order valence-electron chi connectivity index (χ4n) is 3.05. The van der Waals surface area contributed by atoms with Crippen molar-refractivity contribution in [1.82, 2.24) is 9.80 Å². The molecular weight excluding hydrogens is 334 g/mol. The minimum Gasteiger partial charge on any atom is -0.326 e. The van der Waals surface area contributed by atoms with Gasteiger partial charge in [0.15, 0.2) is 0 Å². The smallest absolute Gasteiger partial charge is 0.0593 e. The van der Waals surface area contributed by atoms with Gasteiger partial charge in [-0.05, 0) is 68.4 Å². The molecule has 20 heavy (non-hydrogen) atoms. The molecular formula is C15H26BrN3S. The fourth-order valence-corrected chi connectivity index (χ4v) is 4.72. The van der Waals surface area contributed by atoms with E-state index < -0.39 is 0 Å². The van der Waals surface area contributed by atoms with Crippen molar-refractivity contribution in [1.29, 1.82) is 0 Å². The van der Waals surface area contributed by atoms with Gasteiger partial charge in [-0.25, -0.2) is 0 Å². The molecule has 0 radical (unpaired) electrons. The second-order valence-electron chi connectivity index (χ2n) is 5.88. The van der Waals surface area contributed by atoms with E-state index >= 15 is 0 Å². The molecule has 2 rings (SSSR count). The van der Waals surface area contributed by atoms with Crippen LogP contribution in [-0.4, -0.2) is 49.1 Å². The monoisotopic (exact) mass is 359 g/mol. The zero-order valence-corrected chi connectivity index (χ0v) is 15.1. The van der Waals surface area contributed by atoms with E-state index in [1.807, 2.05) is 11.3 Å². The lowest BCUT2D eigenvalue weighted by atomic mass is 9.97. The van der Waals surface area contributed by atoms with E-state index in [0.717, 1.165) is 6.42 Å². The molecule has 0 aromatic carbocycles. The maximum absolute atomic E-state index is 6.43. The van der Waals surface area contributed by atoms with Crippen LogP contribution >= 0.6 is 27.3 Å². The van der Waals surface area contributed by atoms with E-state index in [2.05, 4.69) is 58.2 Å². The van der Waals surface area contributed by atoms with E-state index in [1.54, 1.807) is 0 Å². The number of likely N-dealkylation sites (N-methyl/N-ethyl adjacent to an activating group) is 1. The van der Waals surface area contributed by atoms with Gasteiger partial charge < -0.3 is 10.6 Å². The molecule has 1 fully saturated rings. The SMILES string of the molecule is CCC(N)C(c1cc(Br)cs1)N(C)C1CCN(C)CC1. The van der Waals surface area contributed by atoms with Crippen molar-refractivity contribution in [2.75, 3.05) is 27.2 Å².